The van der Waals surface area contributed by atoms with Crippen LogP contribution in [-0.2, 0) is 0 Å². The lowest BCUT2D eigenvalue weighted by Crippen LogP contribution is -2.27. The summed E-state index contributed by atoms with van der Waals surface area (Å²) in [5.41, 5.74) is 9.93. The van der Waals surface area contributed by atoms with Gasteiger partial charge in [-0.05, 0) is 49.3 Å². The highest BCUT2D eigenvalue weighted by molar-refractivity contribution is 5.44. The number of methoxy groups -OCH3 is 1. The van der Waals surface area contributed by atoms with E-state index in [2.05, 4.69) is 26.0 Å². The standard InChI is InChI=1S/C14H21NO/c1-9-7-12(8-10(2)14(9)16-3)13(15)11-5-4-6-11/h7-8,11,13H,4-6,15H2,1-3H3/t13-/m0/s1. The van der Waals surface area contributed by atoms with E-state index in [0.717, 1.165) is 5.75 Å². The molecule has 2 nitrogen and oxygen atoms in total. The zero-order valence-electron chi connectivity index (χ0n) is 10.4. The molecule has 1 fully saturated rings. The Labute approximate surface area is 97.8 Å². The molecule has 1 aromatic carbocycles. The van der Waals surface area contributed by atoms with Crippen LogP contribution in [0.25, 0.3) is 0 Å². The normalized spacial score (nSPS) is 18.0. The van der Waals surface area contributed by atoms with Gasteiger partial charge in [0.25, 0.3) is 0 Å². The maximum absolute atomic E-state index is 6.29. The van der Waals surface area contributed by atoms with Crippen molar-refractivity contribution in [2.75, 3.05) is 7.11 Å². The molecular formula is C14H21NO. The van der Waals surface area contributed by atoms with Crippen molar-refractivity contribution in [3.05, 3.63) is 28.8 Å². The van der Waals surface area contributed by atoms with Gasteiger partial charge in [-0.2, -0.15) is 0 Å². The second-order valence-electron chi connectivity index (χ2n) is 4.90. The summed E-state index contributed by atoms with van der Waals surface area (Å²) in [6, 6.07) is 4.56. The van der Waals surface area contributed by atoms with Crippen LogP contribution >= 0.6 is 0 Å². The highest BCUT2D eigenvalue weighted by atomic mass is 16.5. The number of nitrogens with two attached hydrogens (primary N) is 1. The molecule has 88 valence electrons. The fraction of sp³-hybridized carbons (Fsp3) is 0.571. The molecule has 1 aromatic rings. The SMILES string of the molecule is COc1c(C)cc([C@@H](N)C2CCC2)cc1C. The Morgan fingerprint density at radius 2 is 1.81 bits per heavy atom. The average Bonchev–Trinajstić information content (AvgIpc) is 2.14. The van der Waals surface area contributed by atoms with Crippen molar-refractivity contribution in [2.24, 2.45) is 11.7 Å². The lowest BCUT2D eigenvalue weighted by molar-refractivity contribution is 0.264. The van der Waals surface area contributed by atoms with E-state index in [1.807, 2.05) is 0 Å². The van der Waals surface area contributed by atoms with Crippen LogP contribution in [0.1, 0.15) is 42.0 Å². The number of hydrogen-bond donors (Lipinski definition) is 1. The fourth-order valence-corrected chi connectivity index (χ4v) is 2.57. The summed E-state index contributed by atoms with van der Waals surface area (Å²) in [5.74, 6) is 1.68. The van der Waals surface area contributed by atoms with Crippen molar-refractivity contribution < 1.29 is 4.74 Å². The Morgan fingerprint density at radius 3 is 2.19 bits per heavy atom. The van der Waals surface area contributed by atoms with Gasteiger partial charge in [0.2, 0.25) is 0 Å². The minimum Gasteiger partial charge on any atom is -0.496 e. The molecule has 0 radical (unpaired) electrons. The van der Waals surface area contributed by atoms with E-state index in [0.29, 0.717) is 5.92 Å². The van der Waals surface area contributed by atoms with Gasteiger partial charge >= 0.3 is 0 Å². The van der Waals surface area contributed by atoms with E-state index >= 15 is 0 Å². The van der Waals surface area contributed by atoms with Crippen LogP contribution in [0, 0.1) is 19.8 Å². The molecule has 0 aromatic heterocycles. The highest BCUT2D eigenvalue weighted by Crippen LogP contribution is 2.37. The van der Waals surface area contributed by atoms with Gasteiger partial charge in [0.1, 0.15) is 5.75 Å². The second-order valence-corrected chi connectivity index (χ2v) is 4.90. The van der Waals surface area contributed by atoms with Gasteiger partial charge in [0, 0.05) is 6.04 Å². The maximum atomic E-state index is 6.29. The summed E-state index contributed by atoms with van der Waals surface area (Å²) in [6.07, 6.45) is 3.91. The number of ether oxygens (including phenoxy) is 1. The molecule has 1 aliphatic rings. The smallest absolute Gasteiger partial charge is 0.124 e. The molecule has 0 bridgehead atoms. The quantitative estimate of drug-likeness (QED) is 0.847. The Hall–Kier alpha value is -1.02. The highest BCUT2D eigenvalue weighted by Gasteiger charge is 2.26. The third-order valence-electron chi connectivity index (χ3n) is 3.73. The molecule has 16 heavy (non-hydrogen) atoms. The van der Waals surface area contributed by atoms with Crippen molar-refractivity contribution in [2.45, 2.75) is 39.2 Å². The van der Waals surface area contributed by atoms with Crippen LogP contribution in [0.4, 0.5) is 0 Å². The molecule has 0 spiro atoms. The van der Waals surface area contributed by atoms with E-state index < -0.39 is 0 Å². The lowest BCUT2D eigenvalue weighted by Gasteiger charge is -2.32. The van der Waals surface area contributed by atoms with Crippen LogP contribution in [-0.4, -0.2) is 7.11 Å². The first-order chi connectivity index (χ1) is 7.63. The Kier molecular flexibility index (Phi) is 3.20. The van der Waals surface area contributed by atoms with E-state index in [-0.39, 0.29) is 6.04 Å². The van der Waals surface area contributed by atoms with Crippen LogP contribution in [0.2, 0.25) is 0 Å². The summed E-state index contributed by atoms with van der Waals surface area (Å²) in [6.45, 7) is 4.17. The first-order valence-corrected chi connectivity index (χ1v) is 6.04. The molecule has 2 heteroatoms. The van der Waals surface area contributed by atoms with Gasteiger partial charge in [-0.15, -0.1) is 0 Å². The number of hydrogen-bond acceptors (Lipinski definition) is 2. The van der Waals surface area contributed by atoms with Gasteiger partial charge in [-0.3, -0.25) is 0 Å². The minimum atomic E-state index is 0.206. The van der Waals surface area contributed by atoms with Crippen molar-refractivity contribution >= 4 is 0 Å². The molecule has 0 aliphatic heterocycles. The second kappa shape index (κ2) is 4.46. The number of benzene rings is 1. The van der Waals surface area contributed by atoms with Gasteiger partial charge in [-0.1, -0.05) is 18.6 Å². The average molecular weight is 219 g/mol. The summed E-state index contributed by atoms with van der Waals surface area (Å²) in [7, 11) is 1.72. The van der Waals surface area contributed by atoms with Crippen molar-refractivity contribution in [3.8, 4) is 5.75 Å². The summed E-state index contributed by atoms with van der Waals surface area (Å²) >= 11 is 0. The van der Waals surface area contributed by atoms with Crippen molar-refractivity contribution in [1.29, 1.82) is 0 Å². The molecule has 2 N–H and O–H groups in total. The summed E-state index contributed by atoms with van der Waals surface area (Å²) in [5, 5.41) is 0. The summed E-state index contributed by atoms with van der Waals surface area (Å²) in [4.78, 5) is 0. The molecular weight excluding hydrogens is 198 g/mol. The molecule has 1 saturated carbocycles. The topological polar surface area (TPSA) is 35.2 Å². The van der Waals surface area contributed by atoms with E-state index in [4.69, 9.17) is 10.5 Å². The Morgan fingerprint density at radius 1 is 1.25 bits per heavy atom. The predicted molar refractivity (Wildman–Crippen MR) is 66.7 cm³/mol. The molecule has 0 amide bonds. The lowest BCUT2D eigenvalue weighted by atomic mass is 9.77. The molecule has 0 saturated heterocycles. The monoisotopic (exact) mass is 219 g/mol. The third kappa shape index (κ3) is 1.94. The van der Waals surface area contributed by atoms with Gasteiger partial charge < -0.3 is 10.5 Å². The van der Waals surface area contributed by atoms with Crippen molar-refractivity contribution in [3.63, 3.8) is 0 Å². The van der Waals surface area contributed by atoms with E-state index in [1.165, 1.54) is 36.0 Å². The van der Waals surface area contributed by atoms with E-state index in [9.17, 15) is 0 Å². The predicted octanol–water partition coefficient (Wildman–Crippen LogP) is 3.11. The number of rotatable bonds is 3. The van der Waals surface area contributed by atoms with Gasteiger partial charge in [0.15, 0.2) is 0 Å². The maximum Gasteiger partial charge on any atom is 0.124 e. The van der Waals surface area contributed by atoms with Gasteiger partial charge in [0.05, 0.1) is 7.11 Å². The van der Waals surface area contributed by atoms with Gasteiger partial charge in [-0.25, -0.2) is 0 Å². The summed E-state index contributed by atoms with van der Waals surface area (Å²) < 4.78 is 5.37. The van der Waals surface area contributed by atoms with Crippen LogP contribution < -0.4 is 10.5 Å². The molecule has 1 aliphatic carbocycles. The fourth-order valence-electron chi connectivity index (χ4n) is 2.57. The number of aryl methyl sites for hydroxylation is 2. The molecule has 0 heterocycles. The van der Waals surface area contributed by atoms with Crippen molar-refractivity contribution in [1.82, 2.24) is 0 Å². The van der Waals surface area contributed by atoms with Crippen LogP contribution in [0.5, 0.6) is 5.75 Å². The van der Waals surface area contributed by atoms with Crippen LogP contribution in [0.15, 0.2) is 12.1 Å². The zero-order chi connectivity index (χ0) is 11.7. The van der Waals surface area contributed by atoms with E-state index in [1.54, 1.807) is 7.11 Å². The van der Waals surface area contributed by atoms with Crippen LogP contribution in [0.3, 0.4) is 0 Å². The molecule has 0 unspecified atom stereocenters. The molecule has 2 rings (SSSR count). The molecule has 1 atom stereocenters. The Bertz CT molecular complexity index is 359. The minimum absolute atomic E-state index is 0.206. The third-order valence-corrected chi connectivity index (χ3v) is 3.73. The first kappa shape index (κ1) is 11.5. The zero-order valence-corrected chi connectivity index (χ0v) is 10.4. The Balaban J connectivity index is 2.28. The largest absolute Gasteiger partial charge is 0.496 e. The first-order valence-electron chi connectivity index (χ1n) is 6.04.